The molecule has 0 radical (unpaired) electrons. The van der Waals surface area contributed by atoms with Crippen molar-refractivity contribution < 1.29 is 0 Å². The van der Waals surface area contributed by atoms with Crippen molar-refractivity contribution in [1.82, 2.24) is 15.0 Å². The summed E-state index contributed by atoms with van der Waals surface area (Å²) in [4.78, 5) is 14.3. The number of hydrogen-bond acceptors (Lipinski definition) is 5. The summed E-state index contributed by atoms with van der Waals surface area (Å²) in [6.07, 6.45) is 2.65. The lowest BCUT2D eigenvalue weighted by Gasteiger charge is -2.15. The third-order valence-corrected chi connectivity index (χ3v) is 4.28. The zero-order chi connectivity index (χ0) is 14.0. The van der Waals surface area contributed by atoms with Gasteiger partial charge in [0.15, 0.2) is 0 Å². The van der Waals surface area contributed by atoms with Crippen LogP contribution in [-0.2, 0) is 6.42 Å². The molecule has 4 nitrogen and oxygen atoms in total. The van der Waals surface area contributed by atoms with Gasteiger partial charge < -0.3 is 5.32 Å². The molecule has 6 heteroatoms. The van der Waals surface area contributed by atoms with E-state index in [1.165, 1.54) is 4.88 Å². The summed E-state index contributed by atoms with van der Waals surface area (Å²) in [6, 6.07) is 0.105. The fourth-order valence-electron chi connectivity index (χ4n) is 1.67. The number of anilines is 1. The summed E-state index contributed by atoms with van der Waals surface area (Å²) < 4.78 is 0. The Balaban J connectivity index is 2.25. The summed E-state index contributed by atoms with van der Waals surface area (Å²) in [5, 5.41) is 4.92. The topological polar surface area (TPSA) is 50.7 Å². The standard InChI is InChI=1S/C13H17ClN4S/c1-5-10-17-11(14)8(3)12(18-10)16-9(4)13-15-6-7(2)19-13/h6,9H,5H2,1-4H3,(H,16,17,18). The van der Waals surface area contributed by atoms with Crippen molar-refractivity contribution in [3.8, 4) is 0 Å². The minimum Gasteiger partial charge on any atom is -0.361 e. The van der Waals surface area contributed by atoms with Gasteiger partial charge in [-0.3, -0.25) is 0 Å². The Morgan fingerprint density at radius 3 is 2.68 bits per heavy atom. The Kier molecular flexibility index (Phi) is 4.37. The third-order valence-electron chi connectivity index (χ3n) is 2.81. The predicted molar refractivity (Wildman–Crippen MR) is 80.0 cm³/mol. The Bertz CT molecular complexity index is 582. The number of nitrogens with zero attached hydrogens (tertiary/aromatic N) is 3. The largest absolute Gasteiger partial charge is 0.361 e. The van der Waals surface area contributed by atoms with Gasteiger partial charge >= 0.3 is 0 Å². The van der Waals surface area contributed by atoms with Crippen LogP contribution in [0.15, 0.2) is 6.20 Å². The monoisotopic (exact) mass is 296 g/mol. The number of hydrogen-bond donors (Lipinski definition) is 1. The summed E-state index contributed by atoms with van der Waals surface area (Å²) in [6.45, 7) is 8.05. The molecule has 2 rings (SSSR count). The number of nitrogens with one attached hydrogen (secondary N) is 1. The maximum atomic E-state index is 6.13. The number of aromatic nitrogens is 3. The Morgan fingerprint density at radius 1 is 1.37 bits per heavy atom. The van der Waals surface area contributed by atoms with Crippen molar-refractivity contribution >= 4 is 28.8 Å². The molecule has 0 aliphatic heterocycles. The van der Waals surface area contributed by atoms with Crippen molar-refractivity contribution in [2.75, 3.05) is 5.32 Å². The SMILES string of the molecule is CCc1nc(Cl)c(C)c(NC(C)c2ncc(C)s2)n1. The Morgan fingerprint density at radius 2 is 2.11 bits per heavy atom. The Hall–Kier alpha value is -1.20. The van der Waals surface area contributed by atoms with Crippen molar-refractivity contribution in [2.24, 2.45) is 0 Å². The van der Waals surface area contributed by atoms with Crippen LogP contribution in [0.2, 0.25) is 5.15 Å². The lowest BCUT2D eigenvalue weighted by Crippen LogP contribution is -2.11. The van der Waals surface area contributed by atoms with E-state index in [2.05, 4.69) is 34.1 Å². The molecule has 102 valence electrons. The second-order valence-corrected chi connectivity index (χ2v) is 6.06. The summed E-state index contributed by atoms with van der Waals surface area (Å²) in [5.41, 5.74) is 0.874. The van der Waals surface area contributed by atoms with Crippen molar-refractivity contribution in [3.05, 3.63) is 32.6 Å². The van der Waals surface area contributed by atoms with Gasteiger partial charge in [0.2, 0.25) is 0 Å². The zero-order valence-electron chi connectivity index (χ0n) is 11.5. The fraction of sp³-hybridized carbons (Fsp3) is 0.462. The van der Waals surface area contributed by atoms with E-state index in [0.29, 0.717) is 5.15 Å². The first-order valence-corrected chi connectivity index (χ1v) is 7.42. The molecule has 0 aliphatic rings. The lowest BCUT2D eigenvalue weighted by atomic mass is 10.3. The molecule has 0 fully saturated rings. The average molecular weight is 297 g/mol. The van der Waals surface area contributed by atoms with E-state index in [1.807, 2.05) is 20.0 Å². The number of halogens is 1. The normalized spacial score (nSPS) is 12.5. The van der Waals surface area contributed by atoms with Crippen LogP contribution in [0, 0.1) is 13.8 Å². The van der Waals surface area contributed by atoms with Crippen molar-refractivity contribution in [2.45, 2.75) is 40.2 Å². The smallest absolute Gasteiger partial charge is 0.137 e. The summed E-state index contributed by atoms with van der Waals surface area (Å²) in [5.74, 6) is 1.54. The van der Waals surface area contributed by atoms with Gasteiger partial charge in [0.05, 0.1) is 6.04 Å². The minimum atomic E-state index is 0.105. The van der Waals surface area contributed by atoms with Crippen LogP contribution in [-0.4, -0.2) is 15.0 Å². The molecule has 0 bridgehead atoms. The molecule has 2 heterocycles. The molecular weight excluding hydrogens is 280 g/mol. The number of rotatable bonds is 4. The van der Waals surface area contributed by atoms with E-state index in [9.17, 15) is 0 Å². The zero-order valence-corrected chi connectivity index (χ0v) is 13.1. The van der Waals surface area contributed by atoms with Gasteiger partial charge in [-0.1, -0.05) is 18.5 Å². The van der Waals surface area contributed by atoms with Crippen LogP contribution >= 0.6 is 22.9 Å². The van der Waals surface area contributed by atoms with Crippen LogP contribution in [0.1, 0.15) is 41.2 Å². The minimum absolute atomic E-state index is 0.105. The highest BCUT2D eigenvalue weighted by molar-refractivity contribution is 7.11. The summed E-state index contributed by atoms with van der Waals surface area (Å²) >= 11 is 7.81. The van der Waals surface area contributed by atoms with Crippen LogP contribution < -0.4 is 5.32 Å². The molecular formula is C13H17ClN4S. The molecule has 0 aromatic carbocycles. The van der Waals surface area contributed by atoms with Gasteiger partial charge in [-0.05, 0) is 20.8 Å². The first-order valence-electron chi connectivity index (χ1n) is 6.23. The second-order valence-electron chi connectivity index (χ2n) is 4.43. The molecule has 0 saturated carbocycles. The van der Waals surface area contributed by atoms with E-state index in [-0.39, 0.29) is 6.04 Å². The maximum Gasteiger partial charge on any atom is 0.137 e. The van der Waals surface area contributed by atoms with E-state index in [1.54, 1.807) is 11.3 Å². The lowest BCUT2D eigenvalue weighted by molar-refractivity contribution is 0.841. The van der Waals surface area contributed by atoms with Gasteiger partial charge in [0, 0.05) is 23.1 Å². The third kappa shape index (κ3) is 3.22. The van der Waals surface area contributed by atoms with Crippen molar-refractivity contribution in [3.63, 3.8) is 0 Å². The van der Waals surface area contributed by atoms with Gasteiger partial charge in [0.1, 0.15) is 21.8 Å². The van der Waals surface area contributed by atoms with Crippen LogP contribution in [0.4, 0.5) is 5.82 Å². The predicted octanol–water partition coefficient (Wildman–Crippen LogP) is 3.94. The molecule has 1 unspecified atom stereocenters. The highest BCUT2D eigenvalue weighted by Gasteiger charge is 2.14. The van der Waals surface area contributed by atoms with Gasteiger partial charge in [0.25, 0.3) is 0 Å². The first-order chi connectivity index (χ1) is 9.01. The van der Waals surface area contributed by atoms with Gasteiger partial charge in [-0.25, -0.2) is 15.0 Å². The molecule has 0 saturated heterocycles. The molecule has 19 heavy (non-hydrogen) atoms. The molecule has 1 N–H and O–H groups in total. The van der Waals surface area contributed by atoms with Crippen molar-refractivity contribution in [1.29, 1.82) is 0 Å². The molecule has 0 spiro atoms. The molecule has 0 aliphatic carbocycles. The maximum absolute atomic E-state index is 6.13. The molecule has 2 aromatic heterocycles. The molecule has 1 atom stereocenters. The van der Waals surface area contributed by atoms with Gasteiger partial charge in [-0.2, -0.15) is 0 Å². The van der Waals surface area contributed by atoms with E-state index in [0.717, 1.165) is 28.6 Å². The van der Waals surface area contributed by atoms with E-state index < -0.39 is 0 Å². The highest BCUT2D eigenvalue weighted by atomic mass is 35.5. The fourth-order valence-corrected chi connectivity index (χ4v) is 2.63. The molecule has 0 amide bonds. The van der Waals surface area contributed by atoms with Gasteiger partial charge in [-0.15, -0.1) is 11.3 Å². The van der Waals surface area contributed by atoms with Crippen LogP contribution in [0.5, 0.6) is 0 Å². The highest BCUT2D eigenvalue weighted by Crippen LogP contribution is 2.26. The second kappa shape index (κ2) is 5.84. The molecule has 2 aromatic rings. The first kappa shape index (κ1) is 14.2. The number of aryl methyl sites for hydroxylation is 2. The van der Waals surface area contributed by atoms with Crippen LogP contribution in [0.25, 0.3) is 0 Å². The average Bonchev–Trinajstić information content (AvgIpc) is 2.81. The Labute approximate surface area is 122 Å². The van der Waals surface area contributed by atoms with Crippen LogP contribution in [0.3, 0.4) is 0 Å². The quantitative estimate of drug-likeness (QED) is 0.868. The van der Waals surface area contributed by atoms with E-state index >= 15 is 0 Å². The van der Waals surface area contributed by atoms with E-state index in [4.69, 9.17) is 11.6 Å². The summed E-state index contributed by atoms with van der Waals surface area (Å²) in [7, 11) is 0. The number of thiazole rings is 1.